The molecule has 2 aromatic heterocycles. The van der Waals surface area contributed by atoms with E-state index in [9.17, 15) is 9.59 Å². The number of pyridine rings is 1. The smallest absolute Gasteiger partial charge is 0.259 e. The number of carbonyl (C=O) groups excluding carboxylic acids is 1. The van der Waals surface area contributed by atoms with E-state index in [0.717, 1.165) is 11.5 Å². The van der Waals surface area contributed by atoms with E-state index in [2.05, 4.69) is 4.98 Å². The van der Waals surface area contributed by atoms with E-state index in [1.807, 2.05) is 13.0 Å². The molecule has 98 valence electrons. The number of rotatable bonds is 3. The number of nitrogens with one attached hydrogen (secondary N) is 1. The molecule has 0 aliphatic rings. The van der Waals surface area contributed by atoms with E-state index in [1.165, 1.54) is 6.08 Å². The number of hydrogen-bond acceptors (Lipinski definition) is 3. The van der Waals surface area contributed by atoms with Gasteiger partial charge in [0.2, 0.25) is 0 Å². The molecule has 0 aliphatic carbocycles. The number of aryl methyl sites for hydroxylation is 3. The van der Waals surface area contributed by atoms with Gasteiger partial charge in [-0.2, -0.15) is 0 Å². The van der Waals surface area contributed by atoms with Gasteiger partial charge >= 0.3 is 0 Å². The molecule has 0 bridgehead atoms. The molecule has 0 amide bonds. The van der Waals surface area contributed by atoms with E-state index >= 15 is 0 Å². The molecule has 4 heteroatoms. The van der Waals surface area contributed by atoms with E-state index in [4.69, 9.17) is 4.42 Å². The van der Waals surface area contributed by atoms with Crippen LogP contribution in [0.2, 0.25) is 0 Å². The van der Waals surface area contributed by atoms with Gasteiger partial charge in [-0.3, -0.25) is 9.59 Å². The molecule has 19 heavy (non-hydrogen) atoms. The van der Waals surface area contributed by atoms with Crippen molar-refractivity contribution in [1.29, 1.82) is 0 Å². The highest BCUT2D eigenvalue weighted by Crippen LogP contribution is 2.10. The Kier molecular flexibility index (Phi) is 3.51. The highest BCUT2D eigenvalue weighted by molar-refractivity contribution is 6.07. The molecule has 2 rings (SSSR count). The van der Waals surface area contributed by atoms with Crippen molar-refractivity contribution in [1.82, 2.24) is 4.98 Å². The lowest BCUT2D eigenvalue weighted by atomic mass is 10.1. The molecular weight excluding hydrogens is 242 g/mol. The molecular formula is C15H15NO3. The first kappa shape index (κ1) is 13.1. The monoisotopic (exact) mass is 257 g/mol. The fourth-order valence-electron chi connectivity index (χ4n) is 1.94. The van der Waals surface area contributed by atoms with Crippen LogP contribution >= 0.6 is 0 Å². The largest absolute Gasteiger partial charge is 0.462 e. The van der Waals surface area contributed by atoms with Crippen LogP contribution in [0.1, 0.15) is 33.1 Å². The minimum atomic E-state index is -0.359. The lowest BCUT2D eigenvalue weighted by Gasteiger charge is -2.01. The van der Waals surface area contributed by atoms with Crippen molar-refractivity contribution in [2.75, 3.05) is 0 Å². The Balaban J connectivity index is 2.31. The molecule has 0 unspecified atom stereocenters. The Hall–Kier alpha value is -2.36. The molecule has 0 atom stereocenters. The van der Waals surface area contributed by atoms with Gasteiger partial charge in [-0.15, -0.1) is 0 Å². The van der Waals surface area contributed by atoms with Crippen LogP contribution in [0.15, 0.2) is 33.5 Å². The summed E-state index contributed by atoms with van der Waals surface area (Å²) in [6, 6.07) is 5.36. The number of aromatic nitrogens is 1. The summed E-state index contributed by atoms with van der Waals surface area (Å²) in [6.45, 7) is 5.36. The normalized spacial score (nSPS) is 11.1. The molecule has 0 saturated carbocycles. The first-order valence-corrected chi connectivity index (χ1v) is 5.97. The zero-order chi connectivity index (χ0) is 14.0. The second-order valence-corrected chi connectivity index (χ2v) is 4.49. The van der Waals surface area contributed by atoms with Crippen molar-refractivity contribution in [2.45, 2.75) is 20.8 Å². The van der Waals surface area contributed by atoms with Crippen LogP contribution in [-0.2, 0) is 0 Å². The molecule has 0 spiro atoms. The van der Waals surface area contributed by atoms with Gasteiger partial charge in [-0.1, -0.05) is 0 Å². The number of allylic oxidation sites excluding steroid dienone is 1. The Bertz CT molecular complexity index is 704. The maximum atomic E-state index is 12.0. The third-order valence-electron chi connectivity index (χ3n) is 2.77. The van der Waals surface area contributed by atoms with Crippen LogP contribution in [0.5, 0.6) is 0 Å². The number of hydrogen-bond donors (Lipinski definition) is 1. The molecule has 2 aromatic rings. The van der Waals surface area contributed by atoms with Gasteiger partial charge in [0, 0.05) is 5.69 Å². The zero-order valence-corrected chi connectivity index (χ0v) is 11.1. The Morgan fingerprint density at radius 2 is 2.00 bits per heavy atom. The second kappa shape index (κ2) is 5.10. The molecule has 2 heterocycles. The minimum absolute atomic E-state index is 0.171. The van der Waals surface area contributed by atoms with Gasteiger partial charge in [0.15, 0.2) is 5.78 Å². The fourth-order valence-corrected chi connectivity index (χ4v) is 1.94. The topological polar surface area (TPSA) is 63.1 Å². The lowest BCUT2D eigenvalue weighted by molar-refractivity contribution is 0.104. The van der Waals surface area contributed by atoms with E-state index < -0.39 is 0 Å². The Morgan fingerprint density at radius 3 is 2.58 bits per heavy atom. The zero-order valence-electron chi connectivity index (χ0n) is 11.1. The summed E-state index contributed by atoms with van der Waals surface area (Å²) in [6.07, 6.45) is 2.92. The third kappa shape index (κ3) is 2.91. The summed E-state index contributed by atoms with van der Waals surface area (Å²) in [4.78, 5) is 26.4. The van der Waals surface area contributed by atoms with Crippen LogP contribution in [-0.4, -0.2) is 10.8 Å². The van der Waals surface area contributed by atoms with Crippen molar-refractivity contribution in [3.63, 3.8) is 0 Å². The summed E-state index contributed by atoms with van der Waals surface area (Å²) in [5, 5.41) is 0. The van der Waals surface area contributed by atoms with Crippen molar-refractivity contribution >= 4 is 11.9 Å². The first-order chi connectivity index (χ1) is 8.97. The van der Waals surface area contributed by atoms with Gasteiger partial charge in [0.1, 0.15) is 11.5 Å². The van der Waals surface area contributed by atoms with E-state index in [-0.39, 0.29) is 16.9 Å². The SMILES string of the molecule is Cc1cc(C)c(C(=O)/C=C/c2ccc(C)o2)c(=O)[nH]1. The first-order valence-electron chi connectivity index (χ1n) is 5.97. The van der Waals surface area contributed by atoms with Crippen molar-refractivity contribution in [2.24, 2.45) is 0 Å². The van der Waals surface area contributed by atoms with E-state index in [1.54, 1.807) is 32.1 Å². The summed E-state index contributed by atoms with van der Waals surface area (Å²) in [5.41, 5.74) is 1.23. The predicted molar refractivity (Wildman–Crippen MR) is 73.3 cm³/mol. The molecule has 0 aromatic carbocycles. The fraction of sp³-hybridized carbons (Fsp3) is 0.200. The van der Waals surface area contributed by atoms with Crippen LogP contribution < -0.4 is 5.56 Å². The van der Waals surface area contributed by atoms with Gasteiger partial charge in [-0.25, -0.2) is 0 Å². The summed E-state index contributed by atoms with van der Waals surface area (Å²) in [5.74, 6) is 1.04. The minimum Gasteiger partial charge on any atom is -0.462 e. The Labute approximate surface area is 110 Å². The van der Waals surface area contributed by atoms with Crippen molar-refractivity contribution in [3.05, 3.63) is 63.0 Å². The number of carbonyl (C=O) groups is 1. The molecule has 0 fully saturated rings. The van der Waals surface area contributed by atoms with Gasteiger partial charge in [-0.05, 0) is 56.7 Å². The maximum Gasteiger partial charge on any atom is 0.259 e. The molecule has 1 N–H and O–H groups in total. The van der Waals surface area contributed by atoms with E-state index in [0.29, 0.717) is 11.3 Å². The number of aromatic amines is 1. The van der Waals surface area contributed by atoms with Gasteiger partial charge in [0.05, 0.1) is 5.56 Å². The summed E-state index contributed by atoms with van der Waals surface area (Å²) >= 11 is 0. The van der Waals surface area contributed by atoms with Crippen molar-refractivity contribution < 1.29 is 9.21 Å². The quantitative estimate of drug-likeness (QED) is 0.679. The highest BCUT2D eigenvalue weighted by Gasteiger charge is 2.11. The second-order valence-electron chi connectivity index (χ2n) is 4.49. The summed E-state index contributed by atoms with van der Waals surface area (Å²) < 4.78 is 5.32. The predicted octanol–water partition coefficient (Wildman–Crippen LogP) is 2.79. The standard InChI is InChI=1S/C15H15NO3/c1-9-8-10(2)16-15(18)14(9)13(17)7-6-12-5-4-11(3)19-12/h4-8H,1-3H3,(H,16,18)/b7-6+. The summed E-state index contributed by atoms with van der Waals surface area (Å²) in [7, 11) is 0. The average Bonchev–Trinajstić information content (AvgIpc) is 2.71. The molecule has 4 nitrogen and oxygen atoms in total. The highest BCUT2D eigenvalue weighted by atomic mass is 16.3. The Morgan fingerprint density at radius 1 is 1.26 bits per heavy atom. The van der Waals surface area contributed by atoms with Crippen molar-refractivity contribution in [3.8, 4) is 0 Å². The van der Waals surface area contributed by atoms with Crippen LogP contribution in [0.4, 0.5) is 0 Å². The number of ketones is 1. The number of H-pyrrole nitrogens is 1. The van der Waals surface area contributed by atoms with Gasteiger partial charge in [0.25, 0.3) is 5.56 Å². The molecule has 0 aliphatic heterocycles. The average molecular weight is 257 g/mol. The molecule has 0 radical (unpaired) electrons. The van der Waals surface area contributed by atoms with Gasteiger partial charge < -0.3 is 9.40 Å². The number of furan rings is 1. The van der Waals surface area contributed by atoms with Crippen LogP contribution in [0, 0.1) is 20.8 Å². The molecule has 0 saturated heterocycles. The van der Waals surface area contributed by atoms with Crippen LogP contribution in [0.3, 0.4) is 0 Å². The third-order valence-corrected chi connectivity index (χ3v) is 2.77. The van der Waals surface area contributed by atoms with Crippen LogP contribution in [0.25, 0.3) is 6.08 Å². The maximum absolute atomic E-state index is 12.0. The lowest BCUT2D eigenvalue weighted by Crippen LogP contribution is -2.19.